The highest BCUT2D eigenvalue weighted by Gasteiger charge is 2.26. The van der Waals surface area contributed by atoms with Crippen LogP contribution in [0.3, 0.4) is 0 Å². The van der Waals surface area contributed by atoms with Crippen LogP contribution in [-0.2, 0) is 14.8 Å². The summed E-state index contributed by atoms with van der Waals surface area (Å²) in [5, 5.41) is 2.59. The molecule has 0 bridgehead atoms. The summed E-state index contributed by atoms with van der Waals surface area (Å²) in [6, 6.07) is 4.32. The molecule has 1 heterocycles. The molecule has 1 amide bonds. The van der Waals surface area contributed by atoms with Crippen molar-refractivity contribution < 1.29 is 13.2 Å². The molecule has 6 nitrogen and oxygen atoms in total. The first-order chi connectivity index (χ1) is 9.92. The van der Waals surface area contributed by atoms with Gasteiger partial charge in [-0.1, -0.05) is 11.8 Å². The average molecular weight is 307 g/mol. The molecule has 1 unspecified atom stereocenters. The lowest BCUT2D eigenvalue weighted by Crippen LogP contribution is -2.36. The zero-order valence-electron chi connectivity index (χ0n) is 11.6. The largest absolute Gasteiger partial charge is 0.354 e. The van der Waals surface area contributed by atoms with Gasteiger partial charge in [-0.15, -0.1) is 0 Å². The van der Waals surface area contributed by atoms with Gasteiger partial charge in [-0.25, -0.2) is 13.1 Å². The highest BCUT2D eigenvalue weighted by molar-refractivity contribution is 7.89. The molecule has 0 radical (unpaired) electrons. The number of benzene rings is 1. The van der Waals surface area contributed by atoms with Crippen LogP contribution in [0, 0.1) is 18.8 Å². The maximum Gasteiger partial charge on any atom is 0.240 e. The number of sulfonamides is 1. The van der Waals surface area contributed by atoms with Gasteiger partial charge in [-0.2, -0.15) is 0 Å². The summed E-state index contributed by atoms with van der Waals surface area (Å²) in [7, 11) is -3.64. The number of nitrogens with one attached hydrogen (secondary N) is 2. The molecule has 1 saturated heterocycles. The maximum atomic E-state index is 12.3. The molecule has 0 aromatic heterocycles. The zero-order chi connectivity index (χ0) is 15.5. The lowest BCUT2D eigenvalue weighted by atomic mass is 10.1. The minimum atomic E-state index is -3.64. The molecule has 1 aliphatic rings. The van der Waals surface area contributed by atoms with E-state index in [9.17, 15) is 13.2 Å². The fourth-order valence-electron chi connectivity index (χ4n) is 2.07. The molecule has 0 saturated carbocycles. The van der Waals surface area contributed by atoms with Crippen molar-refractivity contribution in [2.75, 3.05) is 13.1 Å². The fraction of sp³-hybridized carbons (Fsp3) is 0.357. The van der Waals surface area contributed by atoms with E-state index in [0.717, 1.165) is 11.1 Å². The lowest BCUT2D eigenvalue weighted by Gasteiger charge is -2.12. The van der Waals surface area contributed by atoms with E-state index >= 15 is 0 Å². The summed E-state index contributed by atoms with van der Waals surface area (Å²) >= 11 is 0. The van der Waals surface area contributed by atoms with Crippen LogP contribution < -0.4 is 15.8 Å². The Morgan fingerprint density at radius 1 is 1.48 bits per heavy atom. The molecular weight excluding hydrogens is 290 g/mol. The number of carbonyl (C=O) groups excluding carboxylic acids is 1. The Labute approximate surface area is 124 Å². The highest BCUT2D eigenvalue weighted by atomic mass is 32.2. The van der Waals surface area contributed by atoms with E-state index in [1.165, 1.54) is 6.07 Å². The normalized spacial score (nSPS) is 18.0. The molecule has 112 valence electrons. The van der Waals surface area contributed by atoms with E-state index in [1.54, 1.807) is 19.1 Å². The smallest absolute Gasteiger partial charge is 0.240 e. The molecule has 1 fully saturated rings. The highest BCUT2D eigenvalue weighted by Crippen LogP contribution is 2.16. The Hall–Kier alpha value is -1.88. The predicted molar refractivity (Wildman–Crippen MR) is 78.8 cm³/mol. The summed E-state index contributed by atoms with van der Waals surface area (Å²) in [6.45, 7) is 2.36. The second kappa shape index (κ2) is 6.26. The predicted octanol–water partition coefficient (Wildman–Crippen LogP) is -0.528. The van der Waals surface area contributed by atoms with Crippen molar-refractivity contribution in [2.24, 2.45) is 5.73 Å². The molecule has 1 aromatic carbocycles. The van der Waals surface area contributed by atoms with Crippen LogP contribution in [0.1, 0.15) is 17.5 Å². The van der Waals surface area contributed by atoms with Gasteiger partial charge in [0.25, 0.3) is 0 Å². The Balaban J connectivity index is 2.20. The van der Waals surface area contributed by atoms with Crippen LogP contribution in [0.25, 0.3) is 0 Å². The fourth-order valence-corrected chi connectivity index (χ4v) is 3.39. The quantitative estimate of drug-likeness (QED) is 0.654. The van der Waals surface area contributed by atoms with E-state index in [-0.39, 0.29) is 23.8 Å². The van der Waals surface area contributed by atoms with E-state index in [1.807, 2.05) is 0 Å². The molecule has 1 aliphatic heterocycles. The summed E-state index contributed by atoms with van der Waals surface area (Å²) < 4.78 is 27.1. The molecule has 0 aliphatic carbocycles. The number of carbonyl (C=O) groups is 1. The Bertz CT molecular complexity index is 717. The van der Waals surface area contributed by atoms with Gasteiger partial charge in [0.15, 0.2) is 0 Å². The minimum absolute atomic E-state index is 0.147. The standard InChI is InChI=1S/C14H17N3O3S/c1-10-7-13(5-4-11(10)3-2-6-15)21(19,20)17-12-8-14(18)16-9-12/h4-5,7,12,17H,6,8-9,15H2,1H3,(H,16,18). The molecule has 1 aromatic rings. The third-order valence-electron chi connectivity index (χ3n) is 3.13. The van der Waals surface area contributed by atoms with Crippen LogP contribution in [0.4, 0.5) is 0 Å². The molecule has 1 atom stereocenters. The van der Waals surface area contributed by atoms with Gasteiger partial charge in [0.05, 0.1) is 11.4 Å². The lowest BCUT2D eigenvalue weighted by molar-refractivity contribution is -0.119. The molecule has 0 spiro atoms. The Morgan fingerprint density at radius 3 is 2.81 bits per heavy atom. The zero-order valence-corrected chi connectivity index (χ0v) is 12.5. The van der Waals surface area contributed by atoms with Crippen molar-refractivity contribution in [3.63, 3.8) is 0 Å². The first kappa shape index (κ1) is 15.5. The summed E-state index contributed by atoms with van der Waals surface area (Å²) in [5.41, 5.74) is 6.83. The van der Waals surface area contributed by atoms with Crippen LogP contribution in [0.2, 0.25) is 0 Å². The second-order valence-corrected chi connectivity index (χ2v) is 6.52. The van der Waals surface area contributed by atoms with E-state index in [2.05, 4.69) is 21.9 Å². The van der Waals surface area contributed by atoms with Gasteiger partial charge in [-0.3, -0.25) is 4.79 Å². The van der Waals surface area contributed by atoms with Crippen molar-refractivity contribution in [3.8, 4) is 11.8 Å². The van der Waals surface area contributed by atoms with Crippen LogP contribution in [-0.4, -0.2) is 33.5 Å². The number of hydrogen-bond donors (Lipinski definition) is 3. The Morgan fingerprint density at radius 2 is 2.24 bits per heavy atom. The van der Waals surface area contributed by atoms with Crippen molar-refractivity contribution in [1.82, 2.24) is 10.0 Å². The van der Waals surface area contributed by atoms with E-state index in [0.29, 0.717) is 6.54 Å². The minimum Gasteiger partial charge on any atom is -0.354 e. The summed E-state index contributed by atoms with van der Waals surface area (Å²) in [4.78, 5) is 11.3. The van der Waals surface area contributed by atoms with Gasteiger partial charge >= 0.3 is 0 Å². The van der Waals surface area contributed by atoms with Crippen LogP contribution in [0.5, 0.6) is 0 Å². The van der Waals surface area contributed by atoms with Gasteiger partial charge in [-0.05, 0) is 30.7 Å². The molecule has 7 heteroatoms. The first-order valence-electron chi connectivity index (χ1n) is 6.51. The first-order valence-corrected chi connectivity index (χ1v) is 7.99. The number of hydrogen-bond acceptors (Lipinski definition) is 4. The summed E-state index contributed by atoms with van der Waals surface area (Å²) in [5.74, 6) is 5.47. The number of amides is 1. The number of rotatable bonds is 3. The van der Waals surface area contributed by atoms with Crippen molar-refractivity contribution >= 4 is 15.9 Å². The molecule has 2 rings (SSSR count). The average Bonchev–Trinajstić information content (AvgIpc) is 2.82. The molecular formula is C14H17N3O3S. The van der Waals surface area contributed by atoms with Crippen molar-refractivity contribution in [3.05, 3.63) is 29.3 Å². The van der Waals surface area contributed by atoms with Gasteiger partial charge in [0.1, 0.15) is 0 Å². The van der Waals surface area contributed by atoms with E-state index < -0.39 is 16.1 Å². The topological polar surface area (TPSA) is 101 Å². The Kier molecular flexibility index (Phi) is 4.63. The van der Waals surface area contributed by atoms with Gasteiger partial charge in [0, 0.05) is 24.6 Å². The maximum absolute atomic E-state index is 12.3. The number of nitrogens with two attached hydrogens (primary N) is 1. The molecule has 21 heavy (non-hydrogen) atoms. The van der Waals surface area contributed by atoms with E-state index in [4.69, 9.17) is 5.73 Å². The second-order valence-electron chi connectivity index (χ2n) is 4.81. The third-order valence-corrected chi connectivity index (χ3v) is 4.65. The SMILES string of the molecule is Cc1cc(S(=O)(=O)NC2CNC(=O)C2)ccc1C#CCN. The van der Waals surface area contributed by atoms with Crippen LogP contribution >= 0.6 is 0 Å². The van der Waals surface area contributed by atoms with Crippen LogP contribution in [0.15, 0.2) is 23.1 Å². The van der Waals surface area contributed by atoms with Crippen molar-refractivity contribution in [2.45, 2.75) is 24.3 Å². The monoisotopic (exact) mass is 307 g/mol. The summed E-state index contributed by atoms with van der Waals surface area (Å²) in [6.07, 6.45) is 0.165. The van der Waals surface area contributed by atoms with Gasteiger partial charge in [0.2, 0.25) is 15.9 Å². The van der Waals surface area contributed by atoms with Gasteiger partial charge < -0.3 is 11.1 Å². The number of aryl methyl sites for hydroxylation is 1. The molecule has 4 N–H and O–H groups in total. The van der Waals surface area contributed by atoms with Crippen molar-refractivity contribution in [1.29, 1.82) is 0 Å². The third kappa shape index (κ3) is 3.82.